The van der Waals surface area contributed by atoms with E-state index in [9.17, 15) is 9.59 Å². The highest BCUT2D eigenvalue weighted by Crippen LogP contribution is 2.26. The predicted molar refractivity (Wildman–Crippen MR) is 83.1 cm³/mol. The second-order valence-corrected chi connectivity index (χ2v) is 4.98. The summed E-state index contributed by atoms with van der Waals surface area (Å²) in [7, 11) is 0. The SMILES string of the molecule is CCOc1ccc(C)cc1C(C)NC(=O)c1ccc(=O)[nH]n1. The summed E-state index contributed by atoms with van der Waals surface area (Å²) < 4.78 is 5.60. The van der Waals surface area contributed by atoms with Gasteiger partial charge in [0.2, 0.25) is 0 Å². The fourth-order valence-electron chi connectivity index (χ4n) is 2.11. The van der Waals surface area contributed by atoms with Crippen molar-refractivity contribution in [2.45, 2.75) is 26.8 Å². The van der Waals surface area contributed by atoms with Gasteiger partial charge in [0.15, 0.2) is 0 Å². The summed E-state index contributed by atoms with van der Waals surface area (Å²) in [6.45, 7) is 6.33. The molecule has 1 unspecified atom stereocenters. The quantitative estimate of drug-likeness (QED) is 0.884. The molecule has 1 atom stereocenters. The number of H-pyrrole nitrogens is 1. The van der Waals surface area contributed by atoms with Crippen LogP contribution in [0.5, 0.6) is 5.75 Å². The lowest BCUT2D eigenvalue weighted by Gasteiger charge is -2.18. The Morgan fingerprint density at radius 1 is 1.36 bits per heavy atom. The van der Waals surface area contributed by atoms with Gasteiger partial charge in [-0.15, -0.1) is 0 Å². The highest BCUT2D eigenvalue weighted by Gasteiger charge is 2.16. The molecular weight excluding hydrogens is 282 g/mol. The number of aromatic amines is 1. The van der Waals surface area contributed by atoms with Gasteiger partial charge in [0.1, 0.15) is 11.4 Å². The van der Waals surface area contributed by atoms with E-state index >= 15 is 0 Å². The standard InChI is InChI=1S/C16H19N3O3/c1-4-22-14-7-5-10(2)9-12(14)11(3)17-16(21)13-6-8-15(20)19-18-13/h5-9,11H,4H2,1-3H3,(H,17,21)(H,19,20). The molecule has 0 saturated heterocycles. The van der Waals surface area contributed by atoms with Crippen LogP contribution in [-0.4, -0.2) is 22.7 Å². The van der Waals surface area contributed by atoms with E-state index < -0.39 is 0 Å². The lowest BCUT2D eigenvalue weighted by molar-refractivity contribution is 0.0933. The van der Waals surface area contributed by atoms with Crippen LogP contribution in [0.3, 0.4) is 0 Å². The summed E-state index contributed by atoms with van der Waals surface area (Å²) in [6.07, 6.45) is 0. The Bertz CT molecular complexity index is 704. The molecule has 6 heteroatoms. The zero-order chi connectivity index (χ0) is 16.1. The molecule has 2 aromatic rings. The Balaban J connectivity index is 2.19. The summed E-state index contributed by atoms with van der Waals surface area (Å²) in [5.41, 5.74) is 1.81. The largest absolute Gasteiger partial charge is 0.494 e. The molecular formula is C16H19N3O3. The maximum atomic E-state index is 12.2. The number of benzene rings is 1. The molecule has 0 bridgehead atoms. The van der Waals surface area contributed by atoms with Gasteiger partial charge >= 0.3 is 0 Å². The number of amides is 1. The average molecular weight is 301 g/mol. The maximum absolute atomic E-state index is 12.2. The minimum Gasteiger partial charge on any atom is -0.494 e. The number of aromatic nitrogens is 2. The van der Waals surface area contributed by atoms with Gasteiger partial charge in [-0.3, -0.25) is 9.59 Å². The molecule has 1 aromatic carbocycles. The number of aryl methyl sites for hydroxylation is 1. The Morgan fingerprint density at radius 3 is 2.77 bits per heavy atom. The third-order valence-electron chi connectivity index (χ3n) is 3.19. The number of ether oxygens (including phenoxy) is 1. The van der Waals surface area contributed by atoms with Gasteiger partial charge in [-0.05, 0) is 32.9 Å². The van der Waals surface area contributed by atoms with Gasteiger partial charge in [-0.25, -0.2) is 5.10 Å². The third-order valence-corrected chi connectivity index (χ3v) is 3.19. The average Bonchev–Trinajstić information content (AvgIpc) is 2.49. The number of carbonyl (C=O) groups excluding carboxylic acids is 1. The van der Waals surface area contributed by atoms with Gasteiger partial charge in [-0.1, -0.05) is 17.7 Å². The van der Waals surface area contributed by atoms with E-state index in [1.807, 2.05) is 39.0 Å². The highest BCUT2D eigenvalue weighted by atomic mass is 16.5. The van der Waals surface area contributed by atoms with Crippen molar-refractivity contribution < 1.29 is 9.53 Å². The molecule has 0 radical (unpaired) electrons. The molecule has 0 aliphatic heterocycles. The smallest absolute Gasteiger partial charge is 0.272 e. The monoisotopic (exact) mass is 301 g/mol. The molecule has 0 spiro atoms. The van der Waals surface area contributed by atoms with Crippen LogP contribution in [0, 0.1) is 6.92 Å². The topological polar surface area (TPSA) is 84.1 Å². The van der Waals surface area contributed by atoms with Crippen LogP contribution in [-0.2, 0) is 0 Å². The van der Waals surface area contributed by atoms with Crippen molar-refractivity contribution in [2.75, 3.05) is 6.61 Å². The molecule has 0 aliphatic rings. The van der Waals surface area contributed by atoms with Gasteiger partial charge in [0, 0.05) is 11.6 Å². The first-order chi connectivity index (χ1) is 10.5. The summed E-state index contributed by atoms with van der Waals surface area (Å²) in [6, 6.07) is 8.26. The van der Waals surface area contributed by atoms with Crippen molar-refractivity contribution in [1.82, 2.24) is 15.5 Å². The van der Waals surface area contributed by atoms with Crippen LogP contribution in [0.4, 0.5) is 0 Å². The number of hydrogen-bond donors (Lipinski definition) is 2. The minimum atomic E-state index is -0.354. The van der Waals surface area contributed by atoms with Gasteiger partial charge < -0.3 is 10.1 Å². The summed E-state index contributed by atoms with van der Waals surface area (Å²) >= 11 is 0. The second-order valence-electron chi connectivity index (χ2n) is 4.98. The Labute approximate surface area is 128 Å². The number of nitrogens with one attached hydrogen (secondary N) is 2. The predicted octanol–water partition coefficient (Wildman–Crippen LogP) is 1.97. The van der Waals surface area contributed by atoms with Crippen molar-refractivity contribution in [3.05, 3.63) is 57.5 Å². The summed E-state index contributed by atoms with van der Waals surface area (Å²) in [5.74, 6) is 0.392. The molecule has 0 saturated carbocycles. The van der Waals surface area contributed by atoms with Crippen molar-refractivity contribution in [2.24, 2.45) is 0 Å². The Kier molecular flexibility index (Phi) is 4.93. The van der Waals surface area contributed by atoms with E-state index in [-0.39, 0.29) is 23.2 Å². The lowest BCUT2D eigenvalue weighted by Crippen LogP contribution is -2.28. The van der Waals surface area contributed by atoms with Crippen LogP contribution < -0.4 is 15.6 Å². The minimum absolute atomic E-state index is 0.164. The molecule has 0 fully saturated rings. The Morgan fingerprint density at radius 2 is 2.14 bits per heavy atom. The molecule has 116 valence electrons. The molecule has 1 heterocycles. The molecule has 0 aliphatic carbocycles. The molecule has 2 rings (SSSR count). The van der Waals surface area contributed by atoms with E-state index in [2.05, 4.69) is 15.5 Å². The number of nitrogens with zero attached hydrogens (tertiary/aromatic N) is 1. The van der Waals surface area contributed by atoms with E-state index in [1.54, 1.807) is 0 Å². The van der Waals surface area contributed by atoms with Crippen molar-refractivity contribution in [3.8, 4) is 5.75 Å². The van der Waals surface area contributed by atoms with Crippen LogP contribution >= 0.6 is 0 Å². The first kappa shape index (κ1) is 15.8. The number of hydrogen-bond acceptors (Lipinski definition) is 4. The second kappa shape index (κ2) is 6.89. The first-order valence-electron chi connectivity index (χ1n) is 7.11. The van der Waals surface area contributed by atoms with E-state index in [1.165, 1.54) is 12.1 Å². The molecule has 1 amide bonds. The van der Waals surface area contributed by atoms with Crippen LogP contribution in [0.15, 0.2) is 35.1 Å². The zero-order valence-electron chi connectivity index (χ0n) is 12.8. The Hall–Kier alpha value is -2.63. The van der Waals surface area contributed by atoms with Crippen LogP contribution in [0.2, 0.25) is 0 Å². The molecule has 6 nitrogen and oxygen atoms in total. The number of carbonyl (C=O) groups is 1. The van der Waals surface area contributed by atoms with Gasteiger partial charge in [-0.2, -0.15) is 5.10 Å². The normalized spacial score (nSPS) is 11.8. The third kappa shape index (κ3) is 3.72. The van der Waals surface area contributed by atoms with Crippen molar-refractivity contribution in [3.63, 3.8) is 0 Å². The number of rotatable bonds is 5. The van der Waals surface area contributed by atoms with E-state index in [0.29, 0.717) is 6.61 Å². The molecule has 1 aromatic heterocycles. The molecule has 22 heavy (non-hydrogen) atoms. The highest BCUT2D eigenvalue weighted by molar-refractivity contribution is 5.92. The van der Waals surface area contributed by atoms with E-state index in [0.717, 1.165) is 16.9 Å². The van der Waals surface area contributed by atoms with E-state index in [4.69, 9.17) is 4.74 Å². The fraction of sp³-hybridized carbons (Fsp3) is 0.312. The van der Waals surface area contributed by atoms with Gasteiger partial charge in [0.25, 0.3) is 11.5 Å². The first-order valence-corrected chi connectivity index (χ1v) is 7.11. The maximum Gasteiger partial charge on any atom is 0.272 e. The zero-order valence-corrected chi connectivity index (χ0v) is 12.8. The van der Waals surface area contributed by atoms with Crippen molar-refractivity contribution >= 4 is 5.91 Å². The van der Waals surface area contributed by atoms with Gasteiger partial charge in [0.05, 0.1) is 12.6 Å². The summed E-state index contributed by atoms with van der Waals surface area (Å²) in [4.78, 5) is 23.1. The molecule has 2 N–H and O–H groups in total. The summed E-state index contributed by atoms with van der Waals surface area (Å²) in [5, 5.41) is 8.82. The van der Waals surface area contributed by atoms with Crippen molar-refractivity contribution in [1.29, 1.82) is 0 Å². The van der Waals surface area contributed by atoms with Crippen LogP contribution in [0.25, 0.3) is 0 Å². The lowest BCUT2D eigenvalue weighted by atomic mass is 10.0. The fourth-order valence-corrected chi connectivity index (χ4v) is 2.11. The van der Waals surface area contributed by atoms with Crippen LogP contribution in [0.1, 0.15) is 41.5 Å².